The smallest absolute Gasteiger partial charge is 0.160 e. The second-order valence-electron chi connectivity index (χ2n) is 5.65. The largest absolute Gasteiger partial charge is 0.314 e. The molecule has 0 unspecified atom stereocenters. The van der Waals surface area contributed by atoms with Crippen LogP contribution in [0.15, 0.2) is 28.7 Å². The number of aromatic nitrogens is 2. The van der Waals surface area contributed by atoms with Gasteiger partial charge in [-0.3, -0.25) is 0 Å². The van der Waals surface area contributed by atoms with Crippen LogP contribution in [-0.2, 0) is 6.42 Å². The average Bonchev–Trinajstić information content (AvgIpc) is 3.26. The van der Waals surface area contributed by atoms with Crippen LogP contribution in [0.1, 0.15) is 29.8 Å². The minimum absolute atomic E-state index is 0.756. The summed E-state index contributed by atoms with van der Waals surface area (Å²) < 4.78 is 1.03. The zero-order chi connectivity index (χ0) is 14.8. The van der Waals surface area contributed by atoms with E-state index in [0.717, 1.165) is 46.3 Å². The molecular formula is C17H20BrN3. The molecule has 0 radical (unpaired) electrons. The van der Waals surface area contributed by atoms with Crippen molar-refractivity contribution in [3.05, 3.63) is 45.7 Å². The number of nitrogens with one attached hydrogen (secondary N) is 1. The lowest BCUT2D eigenvalue weighted by Gasteiger charge is -2.12. The second kappa shape index (κ2) is 6.24. The van der Waals surface area contributed by atoms with Gasteiger partial charge in [0.25, 0.3) is 0 Å². The standard InChI is InChI=1S/C17H20BrN3/c1-11-14(9-10-19-13-7-8-13)12(2)21-17(20-11)15-5-3-4-6-16(15)18/h3-6,13,19H,7-10H2,1-2H3. The third kappa shape index (κ3) is 3.50. The molecule has 0 atom stereocenters. The summed E-state index contributed by atoms with van der Waals surface area (Å²) in [7, 11) is 0. The first-order chi connectivity index (χ1) is 10.1. The van der Waals surface area contributed by atoms with Crippen molar-refractivity contribution in [1.82, 2.24) is 15.3 Å². The molecule has 4 heteroatoms. The van der Waals surface area contributed by atoms with Gasteiger partial charge >= 0.3 is 0 Å². The summed E-state index contributed by atoms with van der Waals surface area (Å²) >= 11 is 3.58. The van der Waals surface area contributed by atoms with Crippen molar-refractivity contribution in [2.45, 2.75) is 39.2 Å². The normalized spacial score (nSPS) is 14.4. The van der Waals surface area contributed by atoms with Crippen LogP contribution in [0.4, 0.5) is 0 Å². The lowest BCUT2D eigenvalue weighted by molar-refractivity contribution is 0.675. The van der Waals surface area contributed by atoms with Gasteiger partial charge in [0.2, 0.25) is 0 Å². The highest BCUT2D eigenvalue weighted by molar-refractivity contribution is 9.10. The maximum Gasteiger partial charge on any atom is 0.160 e. The number of rotatable bonds is 5. The van der Waals surface area contributed by atoms with Gasteiger partial charge in [0.15, 0.2) is 5.82 Å². The van der Waals surface area contributed by atoms with E-state index < -0.39 is 0 Å². The Morgan fingerprint density at radius 1 is 1.14 bits per heavy atom. The predicted molar refractivity (Wildman–Crippen MR) is 89.4 cm³/mol. The van der Waals surface area contributed by atoms with Gasteiger partial charge in [-0.25, -0.2) is 9.97 Å². The van der Waals surface area contributed by atoms with Crippen LogP contribution in [0.2, 0.25) is 0 Å². The van der Waals surface area contributed by atoms with Crippen LogP contribution in [0.25, 0.3) is 11.4 Å². The molecule has 0 bridgehead atoms. The zero-order valence-corrected chi connectivity index (χ0v) is 14.1. The van der Waals surface area contributed by atoms with Gasteiger partial charge in [-0.15, -0.1) is 0 Å². The fourth-order valence-electron chi connectivity index (χ4n) is 2.55. The van der Waals surface area contributed by atoms with E-state index in [2.05, 4.69) is 35.1 Å². The monoisotopic (exact) mass is 345 g/mol. The quantitative estimate of drug-likeness (QED) is 0.894. The van der Waals surface area contributed by atoms with Crippen molar-refractivity contribution in [2.24, 2.45) is 0 Å². The van der Waals surface area contributed by atoms with E-state index in [1.54, 1.807) is 0 Å². The number of hydrogen-bond acceptors (Lipinski definition) is 3. The molecule has 110 valence electrons. The Morgan fingerprint density at radius 2 is 1.81 bits per heavy atom. The zero-order valence-electron chi connectivity index (χ0n) is 12.5. The van der Waals surface area contributed by atoms with Crippen LogP contribution in [0.3, 0.4) is 0 Å². The van der Waals surface area contributed by atoms with Crippen molar-refractivity contribution in [1.29, 1.82) is 0 Å². The molecule has 1 N–H and O–H groups in total. The topological polar surface area (TPSA) is 37.8 Å². The van der Waals surface area contributed by atoms with Gasteiger partial charge in [0.05, 0.1) is 0 Å². The molecule has 1 heterocycles. The van der Waals surface area contributed by atoms with Crippen molar-refractivity contribution < 1.29 is 0 Å². The molecule has 1 fully saturated rings. The van der Waals surface area contributed by atoms with E-state index in [0.29, 0.717) is 0 Å². The Labute approximate surface area is 134 Å². The molecule has 0 saturated heterocycles. The Bertz CT molecular complexity index is 627. The van der Waals surface area contributed by atoms with Crippen molar-refractivity contribution in [2.75, 3.05) is 6.54 Å². The van der Waals surface area contributed by atoms with Crippen molar-refractivity contribution in [3.63, 3.8) is 0 Å². The number of benzene rings is 1. The summed E-state index contributed by atoms with van der Waals surface area (Å²) in [4.78, 5) is 9.42. The molecule has 3 rings (SSSR count). The Hall–Kier alpha value is -1.26. The summed E-state index contributed by atoms with van der Waals surface area (Å²) in [5.41, 5.74) is 4.50. The molecule has 1 aromatic carbocycles. The lowest BCUT2D eigenvalue weighted by atomic mass is 10.1. The van der Waals surface area contributed by atoms with Gasteiger partial charge in [0, 0.05) is 27.5 Å². The van der Waals surface area contributed by atoms with E-state index in [1.807, 2.05) is 24.3 Å². The minimum Gasteiger partial charge on any atom is -0.314 e. The first-order valence-corrected chi connectivity index (χ1v) is 8.27. The van der Waals surface area contributed by atoms with E-state index >= 15 is 0 Å². The molecule has 1 aliphatic carbocycles. The molecule has 1 aromatic heterocycles. The van der Waals surface area contributed by atoms with Crippen LogP contribution < -0.4 is 5.32 Å². The number of hydrogen-bond donors (Lipinski definition) is 1. The molecule has 0 spiro atoms. The van der Waals surface area contributed by atoms with E-state index in [9.17, 15) is 0 Å². The third-order valence-corrected chi connectivity index (χ3v) is 4.61. The first kappa shape index (κ1) is 14.7. The van der Waals surface area contributed by atoms with Gasteiger partial charge in [0.1, 0.15) is 0 Å². The molecule has 0 aliphatic heterocycles. The van der Waals surface area contributed by atoms with Gasteiger partial charge in [-0.05, 0) is 51.3 Å². The van der Waals surface area contributed by atoms with Crippen LogP contribution in [-0.4, -0.2) is 22.6 Å². The highest BCUT2D eigenvalue weighted by Crippen LogP contribution is 2.26. The fourth-order valence-corrected chi connectivity index (χ4v) is 3.02. The van der Waals surface area contributed by atoms with Gasteiger partial charge in [-0.1, -0.05) is 34.1 Å². The van der Waals surface area contributed by atoms with E-state index in [1.165, 1.54) is 18.4 Å². The first-order valence-electron chi connectivity index (χ1n) is 7.47. The third-order valence-electron chi connectivity index (χ3n) is 3.92. The average molecular weight is 346 g/mol. The number of aryl methyl sites for hydroxylation is 2. The SMILES string of the molecule is Cc1nc(-c2ccccc2Br)nc(C)c1CCNC1CC1. The maximum atomic E-state index is 4.71. The van der Waals surface area contributed by atoms with Crippen LogP contribution in [0, 0.1) is 13.8 Å². The molecule has 1 saturated carbocycles. The van der Waals surface area contributed by atoms with Crippen LogP contribution >= 0.6 is 15.9 Å². The maximum absolute atomic E-state index is 4.71. The molecule has 1 aliphatic rings. The van der Waals surface area contributed by atoms with Crippen molar-refractivity contribution >= 4 is 15.9 Å². The summed E-state index contributed by atoms with van der Waals surface area (Å²) in [5.74, 6) is 0.802. The summed E-state index contributed by atoms with van der Waals surface area (Å²) in [6.45, 7) is 5.19. The number of nitrogens with zero attached hydrogens (tertiary/aromatic N) is 2. The Balaban J connectivity index is 1.83. The highest BCUT2D eigenvalue weighted by atomic mass is 79.9. The van der Waals surface area contributed by atoms with Gasteiger partial charge < -0.3 is 5.32 Å². The van der Waals surface area contributed by atoms with Crippen molar-refractivity contribution in [3.8, 4) is 11.4 Å². The lowest BCUT2D eigenvalue weighted by Crippen LogP contribution is -2.20. The molecular weight excluding hydrogens is 326 g/mol. The Kier molecular flexibility index (Phi) is 4.36. The highest BCUT2D eigenvalue weighted by Gasteiger charge is 2.20. The van der Waals surface area contributed by atoms with E-state index in [-0.39, 0.29) is 0 Å². The second-order valence-corrected chi connectivity index (χ2v) is 6.51. The van der Waals surface area contributed by atoms with Crippen LogP contribution in [0.5, 0.6) is 0 Å². The Morgan fingerprint density at radius 3 is 2.43 bits per heavy atom. The molecule has 2 aromatic rings. The fraction of sp³-hybridized carbons (Fsp3) is 0.412. The van der Waals surface area contributed by atoms with Gasteiger partial charge in [-0.2, -0.15) is 0 Å². The summed E-state index contributed by atoms with van der Waals surface area (Å²) in [5, 5.41) is 3.55. The molecule has 21 heavy (non-hydrogen) atoms. The predicted octanol–water partition coefficient (Wildman–Crippen LogP) is 3.82. The number of halogens is 1. The van der Waals surface area contributed by atoms with E-state index in [4.69, 9.17) is 9.97 Å². The minimum atomic E-state index is 0.756. The molecule has 0 amide bonds. The summed E-state index contributed by atoms with van der Waals surface area (Å²) in [6, 6.07) is 8.85. The molecule has 3 nitrogen and oxygen atoms in total. The summed E-state index contributed by atoms with van der Waals surface area (Å²) in [6.07, 6.45) is 3.66.